The molecule has 0 heterocycles. The molecule has 2 aromatic carbocycles. The quantitative estimate of drug-likeness (QED) is 0.619. The molecule has 0 fully saturated rings. The number of hydrogen-bond donors (Lipinski definition) is 1. The molecule has 5 heteroatoms. The van der Waals surface area contributed by atoms with Gasteiger partial charge in [0.15, 0.2) is 0 Å². The molecule has 0 aliphatic rings. The lowest BCUT2D eigenvalue weighted by atomic mass is 9.99. The summed E-state index contributed by atoms with van der Waals surface area (Å²) in [4.78, 5) is 11.5. The topological polar surface area (TPSA) is 38.3 Å². The second-order valence-electron chi connectivity index (χ2n) is 4.54. The van der Waals surface area contributed by atoms with Crippen molar-refractivity contribution < 1.29 is 9.53 Å². The van der Waals surface area contributed by atoms with Crippen LogP contribution in [0.15, 0.2) is 60.7 Å². The molecule has 0 atom stereocenters. The van der Waals surface area contributed by atoms with Gasteiger partial charge >= 0.3 is 5.97 Å². The summed E-state index contributed by atoms with van der Waals surface area (Å²) < 4.78 is 4.96. The minimum atomic E-state index is -0.232. The zero-order valence-electron chi connectivity index (χ0n) is 13.0. The first-order chi connectivity index (χ1) is 11.2. The van der Waals surface area contributed by atoms with E-state index in [4.69, 9.17) is 27.9 Å². The fourth-order valence-electron chi connectivity index (χ4n) is 2.12. The van der Waals surface area contributed by atoms with E-state index in [-0.39, 0.29) is 23.9 Å². The van der Waals surface area contributed by atoms with Crippen LogP contribution in [0.25, 0.3) is 0 Å². The van der Waals surface area contributed by atoms with Gasteiger partial charge in [-0.3, -0.25) is 10.1 Å². The van der Waals surface area contributed by atoms with E-state index in [0.717, 1.165) is 11.1 Å². The van der Waals surface area contributed by atoms with Gasteiger partial charge in [-0.15, -0.1) is 23.2 Å². The van der Waals surface area contributed by atoms with Gasteiger partial charge < -0.3 is 4.74 Å². The molecule has 0 radical (unpaired) electrons. The van der Waals surface area contributed by atoms with Crippen molar-refractivity contribution in [1.29, 1.82) is 0 Å². The molecule has 2 aromatic rings. The maximum Gasteiger partial charge on any atom is 0.319 e. The molecule has 0 aromatic heterocycles. The van der Waals surface area contributed by atoms with Crippen LogP contribution < -0.4 is 5.32 Å². The van der Waals surface area contributed by atoms with Crippen LogP contribution in [0.3, 0.4) is 0 Å². The zero-order valence-corrected chi connectivity index (χ0v) is 14.6. The Hall–Kier alpha value is -1.55. The number of alkyl halides is 2. The maximum absolute atomic E-state index is 11.5. The number of halogens is 2. The van der Waals surface area contributed by atoms with Crippen LogP contribution in [0, 0.1) is 0 Å². The molecule has 0 saturated heterocycles. The highest BCUT2D eigenvalue weighted by Gasteiger charge is 2.14. The molecular weight excluding hydrogens is 333 g/mol. The van der Waals surface area contributed by atoms with Crippen LogP contribution in [0.1, 0.15) is 24.1 Å². The highest BCUT2D eigenvalue weighted by Crippen LogP contribution is 2.21. The van der Waals surface area contributed by atoms with Gasteiger partial charge in [0.05, 0.1) is 24.5 Å². The van der Waals surface area contributed by atoms with E-state index in [1.54, 1.807) is 0 Å². The highest BCUT2D eigenvalue weighted by atomic mass is 35.5. The molecule has 0 amide bonds. The smallest absolute Gasteiger partial charge is 0.319 e. The molecule has 1 N–H and O–H groups in total. The molecule has 0 unspecified atom stereocenters. The Morgan fingerprint density at radius 2 is 1.43 bits per heavy atom. The van der Waals surface area contributed by atoms with Crippen molar-refractivity contribution in [3.05, 3.63) is 71.8 Å². The van der Waals surface area contributed by atoms with E-state index in [0.29, 0.717) is 6.61 Å². The second kappa shape index (κ2) is 11.9. The number of carbonyl (C=O) groups is 1. The maximum atomic E-state index is 11.5. The SMILES string of the molecule is CCOC(=O)CNC(c1ccccc1)c1ccccc1.ClCCl. The molecular formula is C18H21Cl2NO2. The molecule has 23 heavy (non-hydrogen) atoms. The van der Waals surface area contributed by atoms with Crippen LogP contribution in [-0.2, 0) is 9.53 Å². The van der Waals surface area contributed by atoms with Crippen molar-refractivity contribution in [3.63, 3.8) is 0 Å². The number of ether oxygens (including phenoxy) is 1. The van der Waals surface area contributed by atoms with Gasteiger partial charge in [-0.25, -0.2) is 0 Å². The summed E-state index contributed by atoms with van der Waals surface area (Å²) in [6.07, 6.45) is 0. The van der Waals surface area contributed by atoms with Crippen LogP contribution in [0.2, 0.25) is 0 Å². The number of carbonyl (C=O) groups excluding carboxylic acids is 1. The molecule has 3 nitrogen and oxygen atoms in total. The Morgan fingerprint density at radius 3 is 1.83 bits per heavy atom. The molecule has 124 valence electrons. The number of esters is 1. The van der Waals surface area contributed by atoms with Crippen molar-refractivity contribution in [2.24, 2.45) is 0 Å². The number of nitrogens with one attached hydrogen (secondary N) is 1. The fourth-order valence-corrected chi connectivity index (χ4v) is 2.12. The van der Waals surface area contributed by atoms with Crippen LogP contribution in [-0.4, -0.2) is 24.5 Å². The lowest BCUT2D eigenvalue weighted by Crippen LogP contribution is -2.29. The third kappa shape index (κ3) is 7.51. The third-order valence-electron chi connectivity index (χ3n) is 3.02. The zero-order chi connectivity index (χ0) is 16.9. The fraction of sp³-hybridized carbons (Fsp3) is 0.278. The molecule has 0 saturated carbocycles. The number of benzene rings is 2. The van der Waals surface area contributed by atoms with Gasteiger partial charge in [0.1, 0.15) is 0 Å². The summed E-state index contributed by atoms with van der Waals surface area (Å²) in [6.45, 7) is 2.41. The Balaban J connectivity index is 0.000000816. The standard InChI is InChI=1S/C17H19NO2.CH2Cl2/c1-2-20-16(19)13-18-17(14-9-5-3-6-10-14)15-11-7-4-8-12-15;2-1-3/h3-12,17-18H,2,13H2,1H3;1H2. The summed E-state index contributed by atoms with van der Waals surface area (Å²) >= 11 is 9.53. The minimum absolute atomic E-state index is 0.0122. The lowest BCUT2D eigenvalue weighted by molar-refractivity contribution is -0.142. The Bertz CT molecular complexity index is 510. The molecule has 0 aliphatic carbocycles. The first-order valence-electron chi connectivity index (χ1n) is 7.33. The van der Waals surface area contributed by atoms with E-state index in [9.17, 15) is 4.79 Å². The molecule has 0 bridgehead atoms. The Labute approximate surface area is 147 Å². The molecule has 0 spiro atoms. The van der Waals surface area contributed by atoms with E-state index >= 15 is 0 Å². The van der Waals surface area contributed by atoms with Gasteiger partial charge in [-0.2, -0.15) is 0 Å². The monoisotopic (exact) mass is 353 g/mol. The summed E-state index contributed by atoms with van der Waals surface area (Å²) in [7, 11) is 0. The predicted octanol–water partition coefficient (Wildman–Crippen LogP) is 4.35. The van der Waals surface area contributed by atoms with Crippen molar-refractivity contribution >= 4 is 29.2 Å². The largest absolute Gasteiger partial charge is 0.465 e. The van der Waals surface area contributed by atoms with E-state index < -0.39 is 0 Å². The normalized spacial score (nSPS) is 9.91. The van der Waals surface area contributed by atoms with E-state index in [1.807, 2.05) is 43.3 Å². The summed E-state index contributed by atoms with van der Waals surface area (Å²) in [5, 5.41) is 3.46. The van der Waals surface area contributed by atoms with Crippen molar-refractivity contribution in [2.45, 2.75) is 13.0 Å². The first-order valence-corrected chi connectivity index (χ1v) is 8.40. The predicted molar refractivity (Wildman–Crippen MR) is 95.9 cm³/mol. The van der Waals surface area contributed by atoms with Gasteiger partial charge in [0.25, 0.3) is 0 Å². The van der Waals surface area contributed by atoms with E-state index in [2.05, 4.69) is 29.6 Å². The van der Waals surface area contributed by atoms with Crippen molar-refractivity contribution in [2.75, 3.05) is 18.5 Å². The average Bonchev–Trinajstić information content (AvgIpc) is 2.58. The van der Waals surface area contributed by atoms with Gasteiger partial charge in [0, 0.05) is 0 Å². The van der Waals surface area contributed by atoms with Crippen LogP contribution >= 0.6 is 23.2 Å². The molecule has 0 aliphatic heterocycles. The van der Waals surface area contributed by atoms with Gasteiger partial charge in [0.2, 0.25) is 0 Å². The van der Waals surface area contributed by atoms with Crippen molar-refractivity contribution in [1.82, 2.24) is 5.32 Å². The summed E-state index contributed by atoms with van der Waals surface area (Å²) in [6, 6.07) is 20.1. The van der Waals surface area contributed by atoms with E-state index in [1.165, 1.54) is 0 Å². The second-order valence-corrected chi connectivity index (χ2v) is 5.35. The summed E-state index contributed by atoms with van der Waals surface area (Å²) in [5.41, 5.74) is 2.26. The average molecular weight is 354 g/mol. The van der Waals surface area contributed by atoms with Gasteiger partial charge in [-0.1, -0.05) is 60.7 Å². The highest BCUT2D eigenvalue weighted by molar-refractivity contribution is 6.40. The van der Waals surface area contributed by atoms with Crippen LogP contribution in [0.4, 0.5) is 0 Å². The van der Waals surface area contributed by atoms with Crippen molar-refractivity contribution in [3.8, 4) is 0 Å². The van der Waals surface area contributed by atoms with Crippen LogP contribution in [0.5, 0.6) is 0 Å². The lowest BCUT2D eigenvalue weighted by Gasteiger charge is -2.19. The van der Waals surface area contributed by atoms with Gasteiger partial charge in [-0.05, 0) is 18.1 Å². The Kier molecular flexibility index (Phi) is 10.1. The number of rotatable bonds is 6. The molecule has 2 rings (SSSR count). The number of hydrogen-bond acceptors (Lipinski definition) is 3. The first kappa shape index (κ1) is 19.5. The minimum Gasteiger partial charge on any atom is -0.465 e. The Morgan fingerprint density at radius 1 is 1.00 bits per heavy atom. The third-order valence-corrected chi connectivity index (χ3v) is 3.02. The summed E-state index contributed by atoms with van der Waals surface area (Å²) in [5.74, 6) is -0.232.